The minimum atomic E-state index is -5.78. The highest BCUT2D eigenvalue weighted by Gasteiger charge is 2.69. The van der Waals surface area contributed by atoms with E-state index in [1.54, 1.807) is 0 Å². The second-order valence-corrected chi connectivity index (χ2v) is 8.99. The molecule has 35 heavy (non-hydrogen) atoms. The Balaban J connectivity index is 2.01. The van der Waals surface area contributed by atoms with Crippen molar-refractivity contribution in [3.63, 3.8) is 0 Å². The van der Waals surface area contributed by atoms with E-state index in [0.717, 1.165) is 22.3 Å². The molecule has 1 aromatic rings. The van der Waals surface area contributed by atoms with Gasteiger partial charge in [-0.25, -0.2) is 0 Å². The highest BCUT2D eigenvalue weighted by molar-refractivity contribution is 5.68. The maximum Gasteiger partial charge on any atom is 0.426 e. The first-order chi connectivity index (χ1) is 16.2. The predicted octanol–water partition coefficient (Wildman–Crippen LogP) is 6.44. The van der Waals surface area contributed by atoms with E-state index >= 15 is 0 Å². The Bertz CT molecular complexity index is 916. The van der Waals surface area contributed by atoms with Gasteiger partial charge in [0.25, 0.3) is 5.60 Å². The number of hydrogen-bond donors (Lipinski definition) is 3. The van der Waals surface area contributed by atoms with E-state index in [4.69, 9.17) is 0 Å². The van der Waals surface area contributed by atoms with Crippen LogP contribution in [-0.2, 0) is 6.42 Å². The third-order valence-corrected chi connectivity index (χ3v) is 6.37. The minimum absolute atomic E-state index is 0.105. The standard InChI is InChI=1S/C26H32F6O3/c1-3-19(11-12-20-15-22(33)16-23(34)17(20)2)21-10-7-9-18(14-21)8-5-4-6-13-24(35,25(27,28)29)26(30,31)32/h7,9-12,14,22-23,33-35H,2-6,8,13,15-16H2,1H3/b19-11+,20-12-/t22-,23+/m1/s1. The molecule has 2 atom stereocenters. The number of hydrogen-bond acceptors (Lipinski definition) is 3. The fourth-order valence-electron chi connectivity index (χ4n) is 4.13. The number of aliphatic hydroxyl groups is 3. The molecule has 1 saturated carbocycles. The first-order valence-electron chi connectivity index (χ1n) is 11.6. The van der Waals surface area contributed by atoms with Crippen LogP contribution in [0.15, 0.2) is 54.1 Å². The van der Waals surface area contributed by atoms with Crippen LogP contribution in [-0.4, -0.2) is 45.5 Å². The normalized spacial score (nSPS) is 21.6. The lowest BCUT2D eigenvalue weighted by molar-refractivity contribution is -0.370. The zero-order chi connectivity index (χ0) is 26.4. The van der Waals surface area contributed by atoms with Gasteiger partial charge in [0, 0.05) is 6.42 Å². The van der Waals surface area contributed by atoms with Gasteiger partial charge in [0.2, 0.25) is 0 Å². The maximum absolute atomic E-state index is 12.8. The number of alkyl halides is 6. The van der Waals surface area contributed by atoms with Gasteiger partial charge >= 0.3 is 12.4 Å². The van der Waals surface area contributed by atoms with Crippen LogP contribution in [0.1, 0.15) is 63.0 Å². The summed E-state index contributed by atoms with van der Waals surface area (Å²) in [6, 6.07) is 7.51. The molecular weight excluding hydrogens is 474 g/mol. The monoisotopic (exact) mass is 506 g/mol. The van der Waals surface area contributed by atoms with Gasteiger partial charge in [-0.1, -0.05) is 56.3 Å². The Morgan fingerprint density at radius 3 is 2.31 bits per heavy atom. The second kappa shape index (κ2) is 11.8. The number of rotatable bonds is 9. The van der Waals surface area contributed by atoms with E-state index in [1.165, 1.54) is 0 Å². The largest absolute Gasteiger partial charge is 0.426 e. The molecule has 1 fully saturated rings. The van der Waals surface area contributed by atoms with Crippen molar-refractivity contribution >= 4 is 5.57 Å². The van der Waals surface area contributed by atoms with E-state index in [0.29, 0.717) is 31.3 Å². The van der Waals surface area contributed by atoms with Crippen molar-refractivity contribution in [1.82, 2.24) is 0 Å². The van der Waals surface area contributed by atoms with Crippen LogP contribution in [0.25, 0.3) is 5.57 Å². The number of halogens is 6. The molecule has 0 bridgehead atoms. The fraction of sp³-hybridized carbons (Fsp3) is 0.538. The molecule has 3 nitrogen and oxygen atoms in total. The molecule has 0 aromatic heterocycles. The lowest BCUT2D eigenvalue weighted by atomic mass is 9.85. The molecule has 1 aromatic carbocycles. The van der Waals surface area contributed by atoms with Gasteiger partial charge in [-0.05, 0) is 66.4 Å². The minimum Gasteiger partial charge on any atom is -0.393 e. The van der Waals surface area contributed by atoms with Gasteiger partial charge in [-0.2, -0.15) is 26.3 Å². The van der Waals surface area contributed by atoms with E-state index in [-0.39, 0.29) is 12.8 Å². The molecular formula is C26H32F6O3. The first-order valence-corrected chi connectivity index (χ1v) is 11.6. The summed E-state index contributed by atoms with van der Waals surface area (Å²) in [7, 11) is 0. The molecule has 2 rings (SSSR count). The summed E-state index contributed by atoms with van der Waals surface area (Å²) in [5.41, 5.74) is -0.528. The lowest BCUT2D eigenvalue weighted by Crippen LogP contribution is -2.56. The Morgan fingerprint density at radius 2 is 1.71 bits per heavy atom. The number of benzene rings is 1. The summed E-state index contributed by atoms with van der Waals surface area (Å²) < 4.78 is 76.6. The van der Waals surface area contributed by atoms with Crippen molar-refractivity contribution in [1.29, 1.82) is 0 Å². The number of allylic oxidation sites excluding steroid dienone is 3. The molecule has 1 aliphatic carbocycles. The smallest absolute Gasteiger partial charge is 0.393 e. The second-order valence-electron chi connectivity index (χ2n) is 8.99. The van der Waals surface area contributed by atoms with Gasteiger partial charge in [-0.3, -0.25) is 0 Å². The van der Waals surface area contributed by atoms with E-state index < -0.39 is 43.0 Å². The SMILES string of the molecule is C=C1/C(=C\C=C(/CC)c2cccc(CCCCCC(O)(C(F)(F)F)C(F)(F)F)c2)C[C@@H](O)C[C@@H]1O. The van der Waals surface area contributed by atoms with Crippen molar-refractivity contribution in [2.45, 2.75) is 88.5 Å². The lowest BCUT2D eigenvalue weighted by Gasteiger charge is -2.32. The molecule has 0 spiro atoms. The summed E-state index contributed by atoms with van der Waals surface area (Å²) in [5.74, 6) is 0. The van der Waals surface area contributed by atoms with E-state index in [2.05, 4.69) is 6.58 Å². The van der Waals surface area contributed by atoms with Crippen molar-refractivity contribution in [3.05, 3.63) is 65.3 Å². The van der Waals surface area contributed by atoms with Crippen LogP contribution in [0.3, 0.4) is 0 Å². The van der Waals surface area contributed by atoms with Crippen LogP contribution < -0.4 is 0 Å². The van der Waals surface area contributed by atoms with Gasteiger partial charge in [0.15, 0.2) is 0 Å². The zero-order valence-electron chi connectivity index (χ0n) is 19.6. The Labute approximate surface area is 201 Å². The van der Waals surface area contributed by atoms with Gasteiger partial charge in [-0.15, -0.1) is 0 Å². The molecule has 0 amide bonds. The Kier molecular flexibility index (Phi) is 9.79. The van der Waals surface area contributed by atoms with Crippen LogP contribution in [0.5, 0.6) is 0 Å². The highest BCUT2D eigenvalue weighted by atomic mass is 19.4. The topological polar surface area (TPSA) is 60.7 Å². The average Bonchev–Trinajstić information content (AvgIpc) is 2.75. The predicted molar refractivity (Wildman–Crippen MR) is 122 cm³/mol. The molecule has 0 unspecified atom stereocenters. The highest BCUT2D eigenvalue weighted by Crippen LogP contribution is 2.46. The molecule has 0 aliphatic heterocycles. The Morgan fingerprint density at radius 1 is 1.06 bits per heavy atom. The van der Waals surface area contributed by atoms with Crippen LogP contribution in [0, 0.1) is 0 Å². The summed E-state index contributed by atoms with van der Waals surface area (Å²) in [6.45, 7) is 5.86. The number of unbranched alkanes of at least 4 members (excludes halogenated alkanes) is 2. The maximum atomic E-state index is 12.8. The van der Waals surface area contributed by atoms with Gasteiger partial charge in [0.05, 0.1) is 12.2 Å². The summed E-state index contributed by atoms with van der Waals surface area (Å²) in [6.07, 6.45) is -8.77. The van der Waals surface area contributed by atoms with Crippen molar-refractivity contribution < 1.29 is 41.7 Å². The molecule has 1 aliphatic rings. The van der Waals surface area contributed by atoms with Crippen LogP contribution in [0.2, 0.25) is 0 Å². The third-order valence-electron chi connectivity index (χ3n) is 6.37. The molecule has 0 saturated heterocycles. The molecule has 0 heterocycles. The van der Waals surface area contributed by atoms with Crippen LogP contribution in [0.4, 0.5) is 26.3 Å². The average molecular weight is 507 g/mol. The number of aryl methyl sites for hydroxylation is 1. The van der Waals surface area contributed by atoms with Crippen molar-refractivity contribution in [3.8, 4) is 0 Å². The summed E-state index contributed by atoms with van der Waals surface area (Å²) >= 11 is 0. The number of aliphatic hydroxyl groups excluding tert-OH is 2. The Hall–Kier alpha value is -2.10. The molecule has 196 valence electrons. The van der Waals surface area contributed by atoms with Crippen molar-refractivity contribution in [2.24, 2.45) is 0 Å². The van der Waals surface area contributed by atoms with E-state index in [9.17, 15) is 41.7 Å². The fourth-order valence-corrected chi connectivity index (χ4v) is 4.13. The summed E-state index contributed by atoms with van der Waals surface area (Å²) in [4.78, 5) is 0. The van der Waals surface area contributed by atoms with E-state index in [1.807, 2.05) is 43.3 Å². The molecule has 0 radical (unpaired) electrons. The third kappa shape index (κ3) is 7.44. The molecule has 9 heteroatoms. The van der Waals surface area contributed by atoms with Crippen LogP contribution >= 0.6 is 0 Å². The van der Waals surface area contributed by atoms with Gasteiger partial charge in [0.1, 0.15) is 0 Å². The zero-order valence-corrected chi connectivity index (χ0v) is 19.6. The summed E-state index contributed by atoms with van der Waals surface area (Å²) in [5, 5.41) is 29.1. The van der Waals surface area contributed by atoms with Crippen molar-refractivity contribution in [2.75, 3.05) is 0 Å². The first kappa shape index (κ1) is 29.1. The van der Waals surface area contributed by atoms with Gasteiger partial charge < -0.3 is 15.3 Å². The quantitative estimate of drug-likeness (QED) is 0.267. The molecule has 3 N–H and O–H groups in total.